The number of nitrogens with one attached hydrogen (secondary N) is 1. The fraction of sp³-hybridized carbons (Fsp3) is 0.545. The van der Waals surface area contributed by atoms with E-state index < -0.39 is 10.0 Å². The van der Waals surface area contributed by atoms with Crippen LogP contribution in [-0.4, -0.2) is 67.0 Å². The van der Waals surface area contributed by atoms with E-state index in [4.69, 9.17) is 10.9 Å². The standard InChI is InChI=1S/C11H19N5O3S/c12-14-10-2-1-3-13-11(10)20(18,19)16-6-4-15(5-7-16)8-9-17/h1-3,14,17H,4-9,12H2. The summed E-state index contributed by atoms with van der Waals surface area (Å²) in [5, 5.41) is 8.83. The highest BCUT2D eigenvalue weighted by atomic mass is 32.2. The largest absolute Gasteiger partial charge is 0.395 e. The van der Waals surface area contributed by atoms with E-state index in [1.54, 1.807) is 12.1 Å². The third-order valence-electron chi connectivity index (χ3n) is 3.26. The fourth-order valence-electron chi connectivity index (χ4n) is 2.16. The zero-order valence-electron chi connectivity index (χ0n) is 11.1. The molecule has 1 saturated heterocycles. The SMILES string of the molecule is NNc1cccnc1S(=O)(=O)N1CCN(CCO)CC1. The highest BCUT2D eigenvalue weighted by Crippen LogP contribution is 2.22. The van der Waals surface area contributed by atoms with E-state index in [-0.39, 0.29) is 17.3 Å². The molecule has 1 aromatic rings. The van der Waals surface area contributed by atoms with Crippen LogP contribution >= 0.6 is 0 Å². The minimum atomic E-state index is -3.65. The molecule has 0 bridgehead atoms. The second kappa shape index (κ2) is 6.46. The summed E-state index contributed by atoms with van der Waals surface area (Å²) in [5.41, 5.74) is 2.64. The number of β-amino-alcohol motifs (C(OH)–C–C–N with tert-alkyl or cyclic N) is 1. The normalized spacial score (nSPS) is 18.1. The number of rotatable bonds is 5. The molecule has 0 saturated carbocycles. The summed E-state index contributed by atoms with van der Waals surface area (Å²) in [6, 6.07) is 3.19. The lowest BCUT2D eigenvalue weighted by atomic mass is 10.4. The Bertz CT molecular complexity index is 543. The highest BCUT2D eigenvalue weighted by Gasteiger charge is 2.31. The van der Waals surface area contributed by atoms with Gasteiger partial charge in [-0.25, -0.2) is 13.4 Å². The van der Waals surface area contributed by atoms with Crippen LogP contribution in [0.1, 0.15) is 0 Å². The predicted octanol–water partition coefficient (Wildman–Crippen LogP) is -1.33. The Morgan fingerprint density at radius 1 is 1.35 bits per heavy atom. The molecule has 0 aromatic carbocycles. The van der Waals surface area contributed by atoms with E-state index in [0.717, 1.165) is 0 Å². The van der Waals surface area contributed by atoms with Crippen LogP contribution in [0.5, 0.6) is 0 Å². The van der Waals surface area contributed by atoms with E-state index in [1.807, 2.05) is 4.90 Å². The van der Waals surface area contributed by atoms with Gasteiger partial charge in [-0.05, 0) is 12.1 Å². The van der Waals surface area contributed by atoms with Crippen LogP contribution in [0.15, 0.2) is 23.4 Å². The Morgan fingerprint density at radius 2 is 2.05 bits per heavy atom. The predicted molar refractivity (Wildman–Crippen MR) is 74.3 cm³/mol. The van der Waals surface area contributed by atoms with Gasteiger partial charge in [0.05, 0.1) is 12.3 Å². The molecule has 112 valence electrons. The number of anilines is 1. The van der Waals surface area contributed by atoms with Crippen LogP contribution in [0.25, 0.3) is 0 Å². The topological polar surface area (TPSA) is 112 Å². The summed E-state index contributed by atoms with van der Waals surface area (Å²) in [7, 11) is -3.65. The van der Waals surface area contributed by atoms with Crippen LogP contribution in [0.4, 0.5) is 5.69 Å². The van der Waals surface area contributed by atoms with Gasteiger partial charge in [-0.1, -0.05) is 0 Å². The zero-order chi connectivity index (χ0) is 14.6. The van der Waals surface area contributed by atoms with Crippen molar-refractivity contribution in [3.05, 3.63) is 18.3 Å². The van der Waals surface area contributed by atoms with Crippen molar-refractivity contribution in [1.82, 2.24) is 14.2 Å². The molecule has 2 heterocycles. The molecular formula is C11H19N5O3S. The number of hydrazine groups is 1. The first-order valence-corrected chi connectivity index (χ1v) is 7.78. The minimum Gasteiger partial charge on any atom is -0.395 e. The number of nitrogen functional groups attached to an aromatic ring is 1. The average Bonchev–Trinajstić information content (AvgIpc) is 2.48. The number of aliphatic hydroxyl groups excluding tert-OH is 1. The first kappa shape index (κ1) is 15.1. The number of aliphatic hydroxyl groups is 1. The van der Waals surface area contributed by atoms with Crippen LogP contribution in [-0.2, 0) is 10.0 Å². The second-order valence-electron chi connectivity index (χ2n) is 4.47. The molecule has 1 fully saturated rings. The third kappa shape index (κ3) is 3.07. The quantitative estimate of drug-likeness (QED) is 0.456. The summed E-state index contributed by atoms with van der Waals surface area (Å²) in [4.78, 5) is 5.95. The molecule has 0 aliphatic carbocycles. The van der Waals surface area contributed by atoms with Crippen LogP contribution < -0.4 is 11.3 Å². The number of hydrogen-bond donors (Lipinski definition) is 3. The zero-order valence-corrected chi connectivity index (χ0v) is 11.9. The van der Waals surface area contributed by atoms with Gasteiger partial charge in [0, 0.05) is 38.9 Å². The van der Waals surface area contributed by atoms with Gasteiger partial charge < -0.3 is 10.5 Å². The van der Waals surface area contributed by atoms with Gasteiger partial charge >= 0.3 is 0 Å². The van der Waals surface area contributed by atoms with E-state index >= 15 is 0 Å². The second-order valence-corrected chi connectivity index (χ2v) is 6.32. The lowest BCUT2D eigenvalue weighted by molar-refractivity contribution is 0.151. The minimum absolute atomic E-state index is 0.0573. The molecule has 0 radical (unpaired) electrons. The Hall–Kier alpha value is -1.26. The third-order valence-corrected chi connectivity index (χ3v) is 5.12. The van der Waals surface area contributed by atoms with Crippen LogP contribution in [0.2, 0.25) is 0 Å². The lowest BCUT2D eigenvalue weighted by Crippen LogP contribution is -2.49. The molecule has 1 aromatic heterocycles. The van der Waals surface area contributed by atoms with Gasteiger partial charge in [0.1, 0.15) is 0 Å². The summed E-state index contributed by atoms with van der Waals surface area (Å²) in [5.74, 6) is 5.33. The van der Waals surface area contributed by atoms with Crippen molar-refractivity contribution in [2.75, 3.05) is 44.8 Å². The van der Waals surface area contributed by atoms with Crippen molar-refractivity contribution in [1.29, 1.82) is 0 Å². The van der Waals surface area contributed by atoms with Crippen LogP contribution in [0, 0.1) is 0 Å². The fourth-order valence-corrected chi connectivity index (χ4v) is 3.65. The molecule has 1 aliphatic heterocycles. The number of sulfonamides is 1. The molecule has 0 spiro atoms. The van der Waals surface area contributed by atoms with Crippen LogP contribution in [0.3, 0.4) is 0 Å². The van der Waals surface area contributed by atoms with Gasteiger partial charge in [-0.2, -0.15) is 4.31 Å². The summed E-state index contributed by atoms with van der Waals surface area (Å²) >= 11 is 0. The summed E-state index contributed by atoms with van der Waals surface area (Å²) in [6.07, 6.45) is 1.43. The Kier molecular flexibility index (Phi) is 4.89. The number of aromatic nitrogens is 1. The molecule has 8 nitrogen and oxygen atoms in total. The van der Waals surface area contributed by atoms with Gasteiger partial charge in [0.25, 0.3) is 10.0 Å². The van der Waals surface area contributed by atoms with Gasteiger partial charge in [-0.3, -0.25) is 10.7 Å². The van der Waals surface area contributed by atoms with Gasteiger partial charge in [0.2, 0.25) is 0 Å². The van der Waals surface area contributed by atoms with Crippen molar-refractivity contribution in [2.45, 2.75) is 5.03 Å². The van der Waals surface area contributed by atoms with Gasteiger partial charge in [-0.15, -0.1) is 0 Å². The van der Waals surface area contributed by atoms with E-state index in [9.17, 15) is 8.42 Å². The van der Waals surface area contributed by atoms with E-state index in [0.29, 0.717) is 32.7 Å². The first-order valence-electron chi connectivity index (χ1n) is 6.34. The molecule has 2 rings (SSSR count). The number of hydrogen-bond acceptors (Lipinski definition) is 7. The number of nitrogens with two attached hydrogens (primary N) is 1. The van der Waals surface area contributed by atoms with Crippen molar-refractivity contribution in [3.8, 4) is 0 Å². The Labute approximate surface area is 118 Å². The van der Waals surface area contributed by atoms with E-state index in [2.05, 4.69) is 10.4 Å². The molecule has 4 N–H and O–H groups in total. The average molecular weight is 301 g/mol. The molecular weight excluding hydrogens is 282 g/mol. The highest BCUT2D eigenvalue weighted by molar-refractivity contribution is 7.89. The molecule has 0 unspecified atom stereocenters. The molecule has 1 aliphatic rings. The lowest BCUT2D eigenvalue weighted by Gasteiger charge is -2.33. The number of nitrogens with zero attached hydrogens (tertiary/aromatic N) is 3. The van der Waals surface area contributed by atoms with Gasteiger partial charge in [0.15, 0.2) is 5.03 Å². The van der Waals surface area contributed by atoms with Crippen molar-refractivity contribution >= 4 is 15.7 Å². The maximum atomic E-state index is 12.5. The number of piperazine rings is 1. The number of pyridine rings is 1. The molecule has 0 atom stereocenters. The summed E-state index contributed by atoms with van der Waals surface area (Å²) in [6.45, 7) is 2.59. The Morgan fingerprint density at radius 3 is 2.65 bits per heavy atom. The maximum Gasteiger partial charge on any atom is 0.262 e. The first-order chi connectivity index (χ1) is 9.59. The van der Waals surface area contributed by atoms with Crippen molar-refractivity contribution in [2.24, 2.45) is 5.84 Å². The van der Waals surface area contributed by atoms with Crippen molar-refractivity contribution in [3.63, 3.8) is 0 Å². The molecule has 0 amide bonds. The van der Waals surface area contributed by atoms with E-state index in [1.165, 1.54) is 10.5 Å². The maximum absolute atomic E-state index is 12.5. The molecule has 9 heteroatoms. The molecule has 20 heavy (non-hydrogen) atoms. The monoisotopic (exact) mass is 301 g/mol. The smallest absolute Gasteiger partial charge is 0.262 e. The Balaban J connectivity index is 2.16. The van der Waals surface area contributed by atoms with Crippen molar-refractivity contribution < 1.29 is 13.5 Å². The summed E-state index contributed by atoms with van der Waals surface area (Å²) < 4.78 is 26.5.